The number of rotatable bonds is 2. The van der Waals surface area contributed by atoms with E-state index in [9.17, 15) is 0 Å². The second-order valence-electron chi connectivity index (χ2n) is 4.48. The number of pyridine rings is 1. The number of anilines is 1. The first-order chi connectivity index (χ1) is 8.84. The predicted octanol–water partition coefficient (Wildman–Crippen LogP) is 1.91. The van der Waals surface area contributed by atoms with E-state index < -0.39 is 0 Å². The number of aromatic nitrogens is 1. The Morgan fingerprint density at radius 3 is 2.89 bits per heavy atom. The van der Waals surface area contributed by atoms with Crippen molar-refractivity contribution < 1.29 is 4.57 Å². The van der Waals surface area contributed by atoms with Crippen LogP contribution >= 0.6 is 0 Å². The summed E-state index contributed by atoms with van der Waals surface area (Å²) in [5.41, 5.74) is 3.71. The molecule has 2 aromatic rings. The van der Waals surface area contributed by atoms with Crippen molar-refractivity contribution in [2.75, 3.05) is 11.6 Å². The first-order valence-electron chi connectivity index (χ1n) is 6.19. The Hall–Kier alpha value is -2.16. The Labute approximate surface area is 107 Å². The minimum Gasteiger partial charge on any atom is -0.265 e. The van der Waals surface area contributed by atoms with E-state index in [-0.39, 0.29) is 0 Å². The maximum absolute atomic E-state index is 4.58. The van der Waals surface area contributed by atoms with Crippen LogP contribution in [0, 0.1) is 0 Å². The number of nitrogens with zero attached hydrogens (tertiary/aromatic N) is 3. The molecule has 0 bridgehead atoms. The van der Waals surface area contributed by atoms with Gasteiger partial charge in [0.05, 0.1) is 5.69 Å². The normalized spacial score (nSPS) is 14.2. The molecule has 0 radical (unpaired) electrons. The molecular weight excluding hydrogens is 222 g/mol. The predicted molar refractivity (Wildman–Crippen MR) is 72.7 cm³/mol. The van der Waals surface area contributed by atoms with Gasteiger partial charge in [0.2, 0.25) is 5.69 Å². The third-order valence-electron chi connectivity index (χ3n) is 3.29. The molecule has 2 heterocycles. The number of para-hydroxylation sites is 1. The van der Waals surface area contributed by atoms with Gasteiger partial charge < -0.3 is 0 Å². The fourth-order valence-electron chi connectivity index (χ4n) is 2.24. The minimum atomic E-state index is 0.965. The standard InChI is InChI=1S/C15H16N3/c1-17-10-5-4-7-14(17)12-16-18-11-9-13-6-2-3-8-15(13)18/h2-8,10,12H,9,11H2,1H3/q+1. The molecule has 0 amide bonds. The lowest BCUT2D eigenvalue weighted by molar-refractivity contribution is -0.672. The highest BCUT2D eigenvalue weighted by Gasteiger charge is 2.17. The average molecular weight is 238 g/mol. The summed E-state index contributed by atoms with van der Waals surface area (Å²) in [5.74, 6) is 0. The minimum absolute atomic E-state index is 0.965. The molecule has 3 rings (SSSR count). The van der Waals surface area contributed by atoms with Crippen molar-refractivity contribution in [2.45, 2.75) is 6.42 Å². The summed E-state index contributed by atoms with van der Waals surface area (Å²) in [5, 5.41) is 6.65. The molecule has 0 atom stereocenters. The van der Waals surface area contributed by atoms with Crippen molar-refractivity contribution in [1.29, 1.82) is 0 Å². The second-order valence-corrected chi connectivity index (χ2v) is 4.48. The van der Waals surface area contributed by atoms with E-state index in [1.807, 2.05) is 31.6 Å². The number of hydrogen-bond acceptors (Lipinski definition) is 2. The molecule has 90 valence electrons. The molecule has 3 nitrogen and oxygen atoms in total. The van der Waals surface area contributed by atoms with E-state index in [1.165, 1.54) is 11.3 Å². The van der Waals surface area contributed by atoms with Gasteiger partial charge in [0, 0.05) is 18.7 Å². The van der Waals surface area contributed by atoms with Crippen molar-refractivity contribution in [1.82, 2.24) is 0 Å². The Bertz CT molecular complexity index is 590. The van der Waals surface area contributed by atoms with Crippen LogP contribution in [-0.4, -0.2) is 12.8 Å². The monoisotopic (exact) mass is 238 g/mol. The Morgan fingerprint density at radius 2 is 2.00 bits per heavy atom. The van der Waals surface area contributed by atoms with E-state index in [2.05, 4.69) is 45.0 Å². The van der Waals surface area contributed by atoms with Gasteiger partial charge >= 0.3 is 0 Å². The quantitative estimate of drug-likeness (QED) is 0.578. The molecular formula is C15H16N3+. The number of benzene rings is 1. The molecule has 0 N–H and O–H groups in total. The van der Waals surface area contributed by atoms with E-state index >= 15 is 0 Å². The van der Waals surface area contributed by atoms with Crippen LogP contribution in [0.5, 0.6) is 0 Å². The number of hydrazone groups is 1. The largest absolute Gasteiger partial charge is 0.265 e. The van der Waals surface area contributed by atoms with Crippen LogP contribution in [0.2, 0.25) is 0 Å². The highest BCUT2D eigenvalue weighted by Crippen LogP contribution is 2.27. The van der Waals surface area contributed by atoms with Gasteiger partial charge in [-0.25, -0.2) is 4.57 Å². The van der Waals surface area contributed by atoms with Crippen molar-refractivity contribution in [3.05, 3.63) is 59.9 Å². The second kappa shape index (κ2) is 4.61. The SMILES string of the molecule is C[n+]1ccccc1C=NN1CCc2ccccc21. The topological polar surface area (TPSA) is 19.5 Å². The number of hydrogen-bond donors (Lipinski definition) is 0. The third-order valence-corrected chi connectivity index (χ3v) is 3.29. The van der Waals surface area contributed by atoms with E-state index in [1.54, 1.807) is 0 Å². The Kier molecular flexibility index (Phi) is 2.81. The fraction of sp³-hybridized carbons (Fsp3) is 0.200. The molecule has 1 aliphatic rings. The summed E-state index contributed by atoms with van der Waals surface area (Å²) < 4.78 is 2.06. The first kappa shape index (κ1) is 11.0. The maximum Gasteiger partial charge on any atom is 0.225 e. The molecule has 0 fully saturated rings. The van der Waals surface area contributed by atoms with Gasteiger partial charge in [-0.3, -0.25) is 5.01 Å². The zero-order valence-electron chi connectivity index (χ0n) is 10.5. The molecule has 18 heavy (non-hydrogen) atoms. The van der Waals surface area contributed by atoms with Crippen molar-refractivity contribution >= 4 is 11.9 Å². The number of aryl methyl sites for hydroxylation is 1. The zero-order valence-corrected chi connectivity index (χ0v) is 10.5. The summed E-state index contributed by atoms with van der Waals surface area (Å²) in [6.07, 6.45) is 5.02. The van der Waals surface area contributed by atoms with Crippen LogP contribution in [0.3, 0.4) is 0 Å². The van der Waals surface area contributed by atoms with Gasteiger partial charge in [0.1, 0.15) is 13.3 Å². The summed E-state index contributed by atoms with van der Waals surface area (Å²) in [7, 11) is 2.03. The van der Waals surface area contributed by atoms with E-state index in [4.69, 9.17) is 0 Å². The van der Waals surface area contributed by atoms with Crippen molar-refractivity contribution in [3.63, 3.8) is 0 Å². The van der Waals surface area contributed by atoms with Gasteiger partial charge in [-0.2, -0.15) is 5.10 Å². The molecule has 0 saturated heterocycles. The first-order valence-corrected chi connectivity index (χ1v) is 6.19. The molecule has 0 saturated carbocycles. The van der Waals surface area contributed by atoms with E-state index in [0.717, 1.165) is 18.7 Å². The lowest BCUT2D eigenvalue weighted by atomic mass is 10.2. The van der Waals surface area contributed by atoms with E-state index in [0.29, 0.717) is 0 Å². The Morgan fingerprint density at radius 1 is 1.17 bits per heavy atom. The molecule has 0 unspecified atom stereocenters. The summed E-state index contributed by atoms with van der Waals surface area (Å²) >= 11 is 0. The van der Waals surface area contributed by atoms with Crippen LogP contribution in [0.25, 0.3) is 0 Å². The molecule has 1 aromatic heterocycles. The fourth-order valence-corrected chi connectivity index (χ4v) is 2.24. The smallest absolute Gasteiger partial charge is 0.225 e. The number of fused-ring (bicyclic) bond motifs is 1. The van der Waals surface area contributed by atoms with Gasteiger partial charge in [-0.05, 0) is 24.1 Å². The van der Waals surface area contributed by atoms with Crippen molar-refractivity contribution in [2.24, 2.45) is 12.1 Å². The van der Waals surface area contributed by atoms with Crippen LogP contribution in [0.1, 0.15) is 11.3 Å². The lowest BCUT2D eigenvalue weighted by Gasteiger charge is -2.11. The van der Waals surface area contributed by atoms with Gasteiger partial charge in [0.25, 0.3) is 0 Å². The molecule has 0 spiro atoms. The maximum atomic E-state index is 4.58. The van der Waals surface area contributed by atoms with Gasteiger partial charge in [0.15, 0.2) is 6.20 Å². The third kappa shape index (κ3) is 1.99. The molecule has 3 heteroatoms. The highest BCUT2D eigenvalue weighted by atomic mass is 15.5. The van der Waals surface area contributed by atoms with Crippen LogP contribution < -0.4 is 9.58 Å². The highest BCUT2D eigenvalue weighted by molar-refractivity contribution is 5.76. The molecule has 0 aliphatic carbocycles. The van der Waals surface area contributed by atoms with Crippen molar-refractivity contribution in [3.8, 4) is 0 Å². The summed E-state index contributed by atoms with van der Waals surface area (Å²) in [6, 6.07) is 14.6. The lowest BCUT2D eigenvalue weighted by Crippen LogP contribution is -2.32. The van der Waals surface area contributed by atoms with Gasteiger partial charge in [-0.15, -0.1) is 0 Å². The molecule has 1 aliphatic heterocycles. The van der Waals surface area contributed by atoms with Gasteiger partial charge in [-0.1, -0.05) is 18.2 Å². The average Bonchev–Trinajstić information content (AvgIpc) is 2.81. The zero-order chi connectivity index (χ0) is 12.4. The summed E-state index contributed by atoms with van der Waals surface area (Å²) in [4.78, 5) is 0. The molecule has 1 aromatic carbocycles. The Balaban J connectivity index is 1.85. The van der Waals surface area contributed by atoms with Crippen LogP contribution in [-0.2, 0) is 13.5 Å². The summed E-state index contributed by atoms with van der Waals surface area (Å²) in [6.45, 7) is 0.965. The van der Waals surface area contributed by atoms with Crippen LogP contribution in [0.15, 0.2) is 53.8 Å². The van der Waals surface area contributed by atoms with Crippen LogP contribution in [0.4, 0.5) is 5.69 Å².